The van der Waals surface area contributed by atoms with E-state index in [9.17, 15) is 14.3 Å². The molecule has 1 N–H and O–H groups in total. The van der Waals surface area contributed by atoms with Crippen molar-refractivity contribution < 1.29 is 33.2 Å². The van der Waals surface area contributed by atoms with Gasteiger partial charge < -0.3 is 28.8 Å². The molecular weight excluding hydrogens is 475 g/mol. The van der Waals surface area contributed by atoms with E-state index in [2.05, 4.69) is 0 Å². The molecule has 1 fully saturated rings. The molecule has 37 heavy (non-hydrogen) atoms. The molecule has 0 spiro atoms. The minimum atomic E-state index is -0.640. The van der Waals surface area contributed by atoms with Gasteiger partial charge in [0.2, 0.25) is 0 Å². The lowest BCUT2D eigenvalue weighted by Gasteiger charge is -2.19. The standard InChI is InChI=1S/C30H31FO6/c1-17-8-24(37-29-16-34-15-27(29)33)9-18(2)30(17)20-4-7-26(31)22(11-20)14-35-23-5-6-25-21(10-19(3)32)13-36-28(25)12-23/h4-9,11-12,21,27,29,33H,10,13-16H2,1-3H3. The molecule has 5 rings (SSSR count). The highest BCUT2D eigenvalue weighted by Gasteiger charge is 2.28. The van der Waals surface area contributed by atoms with Crippen LogP contribution in [0.25, 0.3) is 11.1 Å². The predicted octanol–water partition coefficient (Wildman–Crippen LogP) is 5.28. The van der Waals surface area contributed by atoms with Crippen molar-refractivity contribution in [2.75, 3.05) is 19.8 Å². The molecular formula is C30H31FO6. The third-order valence-corrected chi connectivity index (χ3v) is 6.92. The van der Waals surface area contributed by atoms with E-state index in [1.165, 1.54) is 6.07 Å². The molecule has 3 atom stereocenters. The number of benzene rings is 3. The molecule has 6 nitrogen and oxygen atoms in total. The first kappa shape index (κ1) is 25.2. The molecule has 2 aliphatic rings. The van der Waals surface area contributed by atoms with Crippen molar-refractivity contribution in [3.8, 4) is 28.4 Å². The van der Waals surface area contributed by atoms with Gasteiger partial charge in [0.1, 0.15) is 47.7 Å². The van der Waals surface area contributed by atoms with E-state index < -0.39 is 6.10 Å². The van der Waals surface area contributed by atoms with Gasteiger partial charge in [0.05, 0.1) is 19.8 Å². The van der Waals surface area contributed by atoms with E-state index >= 15 is 0 Å². The number of hydrogen-bond donors (Lipinski definition) is 1. The number of carbonyl (C=O) groups excluding carboxylic acids is 1. The van der Waals surface area contributed by atoms with Gasteiger partial charge in [-0.2, -0.15) is 0 Å². The first-order valence-electron chi connectivity index (χ1n) is 12.5. The van der Waals surface area contributed by atoms with Gasteiger partial charge in [0.25, 0.3) is 0 Å². The van der Waals surface area contributed by atoms with Crippen molar-refractivity contribution in [2.24, 2.45) is 0 Å². The Balaban J connectivity index is 1.31. The van der Waals surface area contributed by atoms with Crippen LogP contribution in [0.15, 0.2) is 48.5 Å². The quantitative estimate of drug-likeness (QED) is 0.448. The summed E-state index contributed by atoms with van der Waals surface area (Å²) in [5, 5.41) is 9.98. The molecule has 3 unspecified atom stereocenters. The van der Waals surface area contributed by atoms with Crippen molar-refractivity contribution >= 4 is 5.78 Å². The number of halogens is 1. The molecule has 0 aliphatic carbocycles. The van der Waals surface area contributed by atoms with Crippen LogP contribution in [-0.4, -0.2) is 42.9 Å². The van der Waals surface area contributed by atoms with Crippen LogP contribution in [0.1, 0.15) is 41.5 Å². The molecule has 3 aromatic rings. The first-order chi connectivity index (χ1) is 17.8. The van der Waals surface area contributed by atoms with Gasteiger partial charge in [-0.05, 0) is 73.4 Å². The largest absolute Gasteiger partial charge is 0.492 e. The van der Waals surface area contributed by atoms with Crippen LogP contribution in [0.5, 0.6) is 17.2 Å². The molecule has 0 bridgehead atoms. The number of aliphatic hydroxyl groups is 1. The van der Waals surface area contributed by atoms with Gasteiger partial charge in [-0.25, -0.2) is 4.39 Å². The van der Waals surface area contributed by atoms with Crippen molar-refractivity contribution in [3.63, 3.8) is 0 Å². The number of fused-ring (bicyclic) bond motifs is 1. The Hall–Kier alpha value is -3.42. The van der Waals surface area contributed by atoms with E-state index in [0.717, 1.165) is 27.8 Å². The van der Waals surface area contributed by atoms with Crippen LogP contribution < -0.4 is 14.2 Å². The van der Waals surface area contributed by atoms with Crippen molar-refractivity contribution in [1.82, 2.24) is 0 Å². The van der Waals surface area contributed by atoms with Crippen LogP contribution >= 0.6 is 0 Å². The maximum absolute atomic E-state index is 14.7. The summed E-state index contributed by atoms with van der Waals surface area (Å²) >= 11 is 0. The van der Waals surface area contributed by atoms with Crippen molar-refractivity contribution in [1.29, 1.82) is 0 Å². The van der Waals surface area contributed by atoms with Gasteiger partial charge in [-0.3, -0.25) is 0 Å². The van der Waals surface area contributed by atoms with Crippen LogP contribution in [0.3, 0.4) is 0 Å². The summed E-state index contributed by atoms with van der Waals surface area (Å²) in [6.07, 6.45) is -0.573. The molecule has 2 aliphatic heterocycles. The van der Waals surface area contributed by atoms with Crippen LogP contribution in [-0.2, 0) is 16.1 Å². The Labute approximate surface area is 215 Å². The number of ketones is 1. The fraction of sp³-hybridized carbons (Fsp3) is 0.367. The molecule has 7 heteroatoms. The molecule has 1 saturated heterocycles. The van der Waals surface area contributed by atoms with E-state index in [1.807, 2.05) is 44.2 Å². The maximum Gasteiger partial charge on any atom is 0.150 e. The number of aryl methyl sites for hydroxylation is 2. The SMILES string of the molecule is CC(=O)CC1COc2cc(OCc3cc(-c4c(C)cc(OC5COCC5O)cc4C)ccc3F)ccc21. The van der Waals surface area contributed by atoms with Crippen LogP contribution in [0, 0.1) is 19.7 Å². The lowest BCUT2D eigenvalue weighted by Crippen LogP contribution is -2.29. The summed E-state index contributed by atoms with van der Waals surface area (Å²) in [6.45, 7) is 6.74. The zero-order chi connectivity index (χ0) is 26.1. The molecule has 0 radical (unpaired) electrons. The van der Waals surface area contributed by atoms with Gasteiger partial charge in [0.15, 0.2) is 0 Å². The second-order valence-corrected chi connectivity index (χ2v) is 9.90. The highest BCUT2D eigenvalue weighted by molar-refractivity contribution is 5.77. The zero-order valence-corrected chi connectivity index (χ0v) is 21.3. The van der Waals surface area contributed by atoms with Gasteiger partial charge >= 0.3 is 0 Å². The highest BCUT2D eigenvalue weighted by Crippen LogP contribution is 2.39. The Morgan fingerprint density at radius 1 is 1.03 bits per heavy atom. The zero-order valence-electron chi connectivity index (χ0n) is 21.3. The van der Waals surface area contributed by atoms with E-state index in [-0.39, 0.29) is 36.8 Å². The fourth-order valence-electron chi connectivity index (χ4n) is 5.12. The van der Waals surface area contributed by atoms with E-state index in [0.29, 0.717) is 42.4 Å². The molecule has 3 aromatic carbocycles. The highest BCUT2D eigenvalue weighted by atomic mass is 19.1. The van der Waals surface area contributed by atoms with Crippen molar-refractivity contribution in [2.45, 2.75) is 51.9 Å². The normalized spacial score (nSPS) is 20.4. The number of rotatable bonds is 8. The topological polar surface area (TPSA) is 74.2 Å². The smallest absolute Gasteiger partial charge is 0.150 e. The summed E-state index contributed by atoms with van der Waals surface area (Å²) in [5.74, 6) is 1.82. The lowest BCUT2D eigenvalue weighted by molar-refractivity contribution is -0.117. The molecule has 194 valence electrons. The molecule has 2 heterocycles. The summed E-state index contributed by atoms with van der Waals surface area (Å²) in [6, 6.07) is 14.5. The van der Waals surface area contributed by atoms with E-state index in [1.54, 1.807) is 19.1 Å². The summed E-state index contributed by atoms with van der Waals surface area (Å²) in [5.41, 5.74) is 5.30. The molecule has 0 amide bonds. The Morgan fingerprint density at radius 2 is 1.81 bits per heavy atom. The second kappa shape index (κ2) is 10.5. The first-order valence-corrected chi connectivity index (χ1v) is 12.5. The number of ether oxygens (including phenoxy) is 4. The minimum Gasteiger partial charge on any atom is -0.492 e. The summed E-state index contributed by atoms with van der Waals surface area (Å²) in [4.78, 5) is 11.5. The third-order valence-electron chi connectivity index (χ3n) is 6.92. The lowest BCUT2D eigenvalue weighted by atomic mass is 9.94. The van der Waals surface area contributed by atoms with E-state index in [4.69, 9.17) is 18.9 Å². The second-order valence-electron chi connectivity index (χ2n) is 9.90. The van der Waals surface area contributed by atoms with Gasteiger partial charge in [-0.15, -0.1) is 0 Å². The fourth-order valence-corrected chi connectivity index (χ4v) is 5.12. The Morgan fingerprint density at radius 3 is 2.51 bits per heavy atom. The predicted molar refractivity (Wildman–Crippen MR) is 137 cm³/mol. The maximum atomic E-state index is 14.7. The summed E-state index contributed by atoms with van der Waals surface area (Å²) in [7, 11) is 0. The number of aliphatic hydroxyl groups excluding tert-OH is 1. The van der Waals surface area contributed by atoms with Gasteiger partial charge in [-0.1, -0.05) is 12.1 Å². The number of hydrogen-bond acceptors (Lipinski definition) is 6. The molecule has 0 aromatic heterocycles. The monoisotopic (exact) mass is 506 g/mol. The van der Waals surface area contributed by atoms with Crippen LogP contribution in [0.2, 0.25) is 0 Å². The average molecular weight is 507 g/mol. The number of carbonyl (C=O) groups is 1. The van der Waals surface area contributed by atoms with Crippen molar-refractivity contribution in [3.05, 3.63) is 76.6 Å². The number of Topliss-reactive ketones (excluding diaryl/α,β-unsaturated/α-hetero) is 1. The Kier molecular flexibility index (Phi) is 7.17. The average Bonchev–Trinajstić information content (AvgIpc) is 3.43. The summed E-state index contributed by atoms with van der Waals surface area (Å²) < 4.78 is 37.6. The third kappa shape index (κ3) is 5.48. The minimum absolute atomic E-state index is 0.0637. The molecule has 0 saturated carbocycles. The van der Waals surface area contributed by atoms with Crippen LogP contribution in [0.4, 0.5) is 4.39 Å². The van der Waals surface area contributed by atoms with Gasteiger partial charge in [0, 0.05) is 29.5 Å². The Bertz CT molecular complexity index is 1300.